The molecule has 1 saturated carbocycles. The average Bonchev–Trinajstić information content (AvgIpc) is 2.23. The molecule has 1 aliphatic rings. The van der Waals surface area contributed by atoms with E-state index in [2.05, 4.69) is 46.1 Å². The summed E-state index contributed by atoms with van der Waals surface area (Å²) in [5, 5.41) is 9.20. The first-order chi connectivity index (χ1) is 7.65. The van der Waals surface area contributed by atoms with Gasteiger partial charge >= 0.3 is 0 Å². The highest BCUT2D eigenvalue weighted by Crippen LogP contribution is 2.41. The summed E-state index contributed by atoms with van der Waals surface area (Å²) in [7, 11) is 2.05. The van der Waals surface area contributed by atoms with Crippen molar-refractivity contribution < 1.29 is 0 Å². The van der Waals surface area contributed by atoms with Crippen LogP contribution < -0.4 is 4.90 Å². The number of nitriles is 1. The van der Waals surface area contributed by atoms with E-state index in [0.717, 1.165) is 29.5 Å². The van der Waals surface area contributed by atoms with Gasteiger partial charge in [-0.2, -0.15) is 5.26 Å². The molecule has 2 rings (SSSR count). The number of hydrogen-bond donors (Lipinski definition) is 0. The Morgan fingerprint density at radius 2 is 2.25 bits per heavy atom. The Labute approximate surface area is 105 Å². The van der Waals surface area contributed by atoms with Crippen LogP contribution in [0.5, 0.6) is 0 Å². The van der Waals surface area contributed by atoms with Crippen LogP contribution in [0.15, 0.2) is 28.7 Å². The smallest absolute Gasteiger partial charge is 0.0748 e. The molecule has 0 aliphatic heterocycles. The van der Waals surface area contributed by atoms with Gasteiger partial charge in [0.1, 0.15) is 0 Å². The lowest BCUT2D eigenvalue weighted by Crippen LogP contribution is -2.39. The van der Waals surface area contributed by atoms with Crippen LogP contribution in [-0.4, -0.2) is 13.6 Å². The van der Waals surface area contributed by atoms with Gasteiger partial charge in [-0.25, -0.2) is 0 Å². The zero-order chi connectivity index (χ0) is 11.6. The second-order valence-electron chi connectivity index (χ2n) is 4.58. The van der Waals surface area contributed by atoms with Gasteiger partial charge in [-0.3, -0.25) is 0 Å². The summed E-state index contributed by atoms with van der Waals surface area (Å²) in [6.45, 7) is 0.833. The van der Waals surface area contributed by atoms with E-state index >= 15 is 0 Å². The molecule has 0 heterocycles. The molecule has 0 radical (unpaired) electrons. The minimum absolute atomic E-state index is 0.100. The van der Waals surface area contributed by atoms with E-state index in [1.165, 1.54) is 6.42 Å². The number of halogens is 1. The van der Waals surface area contributed by atoms with E-state index in [0.29, 0.717) is 0 Å². The highest BCUT2D eigenvalue weighted by molar-refractivity contribution is 9.10. The maximum Gasteiger partial charge on any atom is 0.0748 e. The minimum atomic E-state index is -0.100. The van der Waals surface area contributed by atoms with E-state index in [1.807, 2.05) is 12.1 Å². The van der Waals surface area contributed by atoms with Gasteiger partial charge in [0.25, 0.3) is 0 Å². The van der Waals surface area contributed by atoms with Crippen molar-refractivity contribution in [1.82, 2.24) is 0 Å². The van der Waals surface area contributed by atoms with E-state index in [4.69, 9.17) is 0 Å². The molecule has 0 bridgehead atoms. The van der Waals surface area contributed by atoms with Gasteiger partial charge in [0.05, 0.1) is 11.5 Å². The van der Waals surface area contributed by atoms with Crippen LogP contribution in [0, 0.1) is 16.7 Å². The Balaban J connectivity index is 2.08. The van der Waals surface area contributed by atoms with Gasteiger partial charge in [0.2, 0.25) is 0 Å². The van der Waals surface area contributed by atoms with E-state index in [-0.39, 0.29) is 5.41 Å². The Hall–Kier alpha value is -1.01. The molecule has 1 fully saturated rings. The topological polar surface area (TPSA) is 27.0 Å². The summed E-state index contributed by atoms with van der Waals surface area (Å²) >= 11 is 3.47. The molecule has 0 atom stereocenters. The van der Waals surface area contributed by atoms with Crippen molar-refractivity contribution in [1.29, 1.82) is 5.26 Å². The first kappa shape index (κ1) is 11.5. The normalized spacial score (nSPS) is 17.3. The van der Waals surface area contributed by atoms with E-state index < -0.39 is 0 Å². The largest absolute Gasteiger partial charge is 0.373 e. The van der Waals surface area contributed by atoms with E-state index in [9.17, 15) is 5.26 Å². The monoisotopic (exact) mass is 278 g/mol. The molecular formula is C13H15BrN2. The molecule has 16 heavy (non-hydrogen) atoms. The third-order valence-electron chi connectivity index (χ3n) is 3.34. The third kappa shape index (κ3) is 2.22. The van der Waals surface area contributed by atoms with Gasteiger partial charge in [-0.1, -0.05) is 28.4 Å². The first-order valence-electron chi connectivity index (χ1n) is 5.53. The molecule has 2 nitrogen and oxygen atoms in total. The molecule has 0 unspecified atom stereocenters. The Bertz CT molecular complexity index is 418. The fourth-order valence-electron chi connectivity index (χ4n) is 2.17. The highest BCUT2D eigenvalue weighted by Gasteiger charge is 2.38. The van der Waals surface area contributed by atoms with Crippen molar-refractivity contribution in [3.63, 3.8) is 0 Å². The predicted octanol–water partition coefficient (Wildman–Crippen LogP) is 3.58. The maximum atomic E-state index is 9.20. The SMILES string of the molecule is CN(CC1(C#N)CCC1)c1cccc(Br)c1. The quantitative estimate of drug-likeness (QED) is 0.845. The molecule has 0 amide bonds. The van der Waals surface area contributed by atoms with Crippen molar-refractivity contribution in [2.75, 3.05) is 18.5 Å². The molecule has 3 heteroatoms. The van der Waals surface area contributed by atoms with Crippen LogP contribution in [0.2, 0.25) is 0 Å². The molecule has 84 valence electrons. The van der Waals surface area contributed by atoms with Crippen LogP contribution in [-0.2, 0) is 0 Å². The van der Waals surface area contributed by atoms with Crippen molar-refractivity contribution in [2.45, 2.75) is 19.3 Å². The van der Waals surface area contributed by atoms with Crippen LogP contribution in [0.25, 0.3) is 0 Å². The van der Waals surface area contributed by atoms with Crippen molar-refractivity contribution in [3.05, 3.63) is 28.7 Å². The van der Waals surface area contributed by atoms with Crippen LogP contribution in [0.4, 0.5) is 5.69 Å². The average molecular weight is 279 g/mol. The number of hydrogen-bond acceptors (Lipinski definition) is 2. The number of nitrogens with zero attached hydrogens (tertiary/aromatic N) is 2. The lowest BCUT2D eigenvalue weighted by atomic mass is 9.69. The lowest BCUT2D eigenvalue weighted by molar-refractivity contribution is 0.223. The molecule has 0 saturated heterocycles. The van der Waals surface area contributed by atoms with E-state index in [1.54, 1.807) is 0 Å². The summed E-state index contributed by atoms with van der Waals surface area (Å²) in [5.74, 6) is 0. The molecule has 0 spiro atoms. The molecule has 1 aliphatic carbocycles. The number of rotatable bonds is 3. The van der Waals surface area contributed by atoms with Crippen LogP contribution in [0.1, 0.15) is 19.3 Å². The predicted molar refractivity (Wildman–Crippen MR) is 69.3 cm³/mol. The summed E-state index contributed by atoms with van der Waals surface area (Å²) in [6.07, 6.45) is 3.28. The molecule has 0 aromatic heterocycles. The van der Waals surface area contributed by atoms with Gasteiger partial charge in [0.15, 0.2) is 0 Å². The maximum absolute atomic E-state index is 9.20. The highest BCUT2D eigenvalue weighted by atomic mass is 79.9. The van der Waals surface area contributed by atoms with Crippen molar-refractivity contribution >= 4 is 21.6 Å². The Morgan fingerprint density at radius 1 is 1.50 bits per heavy atom. The van der Waals surface area contributed by atoms with Crippen LogP contribution >= 0.6 is 15.9 Å². The fourth-order valence-corrected chi connectivity index (χ4v) is 2.55. The summed E-state index contributed by atoms with van der Waals surface area (Å²) in [6, 6.07) is 10.7. The Kier molecular flexibility index (Phi) is 3.20. The summed E-state index contributed by atoms with van der Waals surface area (Å²) < 4.78 is 1.08. The second-order valence-corrected chi connectivity index (χ2v) is 5.50. The molecular weight excluding hydrogens is 264 g/mol. The fraction of sp³-hybridized carbons (Fsp3) is 0.462. The van der Waals surface area contributed by atoms with Crippen molar-refractivity contribution in [3.8, 4) is 6.07 Å². The minimum Gasteiger partial charge on any atom is -0.373 e. The zero-order valence-electron chi connectivity index (χ0n) is 9.41. The molecule has 1 aromatic rings. The Morgan fingerprint density at radius 3 is 2.75 bits per heavy atom. The lowest BCUT2D eigenvalue weighted by Gasteiger charge is -2.39. The molecule has 0 N–H and O–H groups in total. The number of benzene rings is 1. The van der Waals surface area contributed by atoms with Gasteiger partial charge < -0.3 is 4.90 Å². The summed E-state index contributed by atoms with van der Waals surface area (Å²) in [4.78, 5) is 2.17. The van der Waals surface area contributed by atoms with Crippen LogP contribution in [0.3, 0.4) is 0 Å². The summed E-state index contributed by atoms with van der Waals surface area (Å²) in [5.41, 5.74) is 1.06. The number of anilines is 1. The first-order valence-corrected chi connectivity index (χ1v) is 6.32. The molecule has 1 aromatic carbocycles. The van der Waals surface area contributed by atoms with Gasteiger partial charge in [0, 0.05) is 23.8 Å². The van der Waals surface area contributed by atoms with Gasteiger partial charge in [-0.05, 0) is 31.0 Å². The third-order valence-corrected chi connectivity index (χ3v) is 3.83. The van der Waals surface area contributed by atoms with Gasteiger partial charge in [-0.15, -0.1) is 0 Å². The standard InChI is InChI=1S/C13H15BrN2/c1-16(10-13(9-15)6-3-7-13)12-5-2-4-11(14)8-12/h2,4-5,8H,3,6-7,10H2,1H3. The second kappa shape index (κ2) is 4.47. The van der Waals surface area contributed by atoms with Crippen molar-refractivity contribution in [2.24, 2.45) is 5.41 Å². The zero-order valence-corrected chi connectivity index (χ0v) is 11.0.